The molecule has 2 N–H and O–H groups in total. The van der Waals surface area contributed by atoms with Crippen LogP contribution in [0.5, 0.6) is 11.5 Å². The fourth-order valence-corrected chi connectivity index (χ4v) is 3.19. The fraction of sp³-hybridized carbons (Fsp3) is 0.0833. The zero-order chi connectivity index (χ0) is 24.5. The monoisotopic (exact) mass is 527 g/mol. The van der Waals surface area contributed by atoms with E-state index in [-0.39, 0.29) is 23.6 Å². The molecule has 0 unspecified atom stereocenters. The standard InChI is InChI=1S/C24H19BrFN3O5/c1-33-21-11-15(9-10-20(21)34-24(32)18-7-2-3-8-19(18)25)13-28-29-22(30)14-27-23(31)16-5-4-6-17(26)12-16/h2-13H,14H2,1H3,(H,27,31)(H,29,30)/b28-13+. The quantitative estimate of drug-likeness (QED) is 0.201. The van der Waals surface area contributed by atoms with Crippen molar-refractivity contribution in [1.29, 1.82) is 0 Å². The smallest absolute Gasteiger partial charge is 0.344 e. The Morgan fingerprint density at radius 2 is 1.82 bits per heavy atom. The Kier molecular flexibility index (Phi) is 8.47. The number of esters is 1. The highest BCUT2D eigenvalue weighted by molar-refractivity contribution is 9.10. The molecule has 0 heterocycles. The van der Waals surface area contributed by atoms with Crippen molar-refractivity contribution in [2.24, 2.45) is 5.10 Å². The van der Waals surface area contributed by atoms with E-state index in [1.54, 1.807) is 36.4 Å². The lowest BCUT2D eigenvalue weighted by Gasteiger charge is -2.10. The molecule has 10 heteroatoms. The number of methoxy groups -OCH3 is 1. The molecule has 3 rings (SSSR count). The number of rotatable bonds is 8. The van der Waals surface area contributed by atoms with Crippen molar-refractivity contribution in [3.63, 3.8) is 0 Å². The van der Waals surface area contributed by atoms with Gasteiger partial charge >= 0.3 is 5.97 Å². The molecular weight excluding hydrogens is 509 g/mol. The first kappa shape index (κ1) is 24.6. The Balaban J connectivity index is 1.55. The molecule has 174 valence electrons. The van der Waals surface area contributed by atoms with Gasteiger partial charge in [-0.1, -0.05) is 18.2 Å². The highest BCUT2D eigenvalue weighted by Crippen LogP contribution is 2.29. The Hall–Kier alpha value is -4.05. The summed E-state index contributed by atoms with van der Waals surface area (Å²) in [4.78, 5) is 36.3. The topological polar surface area (TPSA) is 106 Å². The number of benzene rings is 3. The maximum absolute atomic E-state index is 13.2. The van der Waals surface area contributed by atoms with E-state index in [9.17, 15) is 18.8 Å². The SMILES string of the molecule is COc1cc(/C=N/NC(=O)CNC(=O)c2cccc(F)c2)ccc1OC(=O)c1ccccc1Br. The predicted octanol–water partition coefficient (Wildman–Crippen LogP) is 3.70. The summed E-state index contributed by atoms with van der Waals surface area (Å²) in [6, 6.07) is 16.7. The van der Waals surface area contributed by atoms with E-state index in [2.05, 4.69) is 31.8 Å². The van der Waals surface area contributed by atoms with Crippen molar-refractivity contribution in [2.75, 3.05) is 13.7 Å². The third-order valence-electron chi connectivity index (χ3n) is 4.38. The van der Waals surface area contributed by atoms with Crippen molar-refractivity contribution in [3.8, 4) is 11.5 Å². The number of carbonyl (C=O) groups is 3. The Labute approximate surface area is 202 Å². The average Bonchev–Trinajstić information content (AvgIpc) is 2.83. The number of halogens is 2. The van der Waals surface area contributed by atoms with Crippen molar-refractivity contribution >= 4 is 39.9 Å². The molecular formula is C24H19BrFN3O5. The zero-order valence-corrected chi connectivity index (χ0v) is 19.5. The summed E-state index contributed by atoms with van der Waals surface area (Å²) >= 11 is 3.31. The number of amides is 2. The van der Waals surface area contributed by atoms with Crippen LogP contribution in [-0.4, -0.2) is 37.7 Å². The summed E-state index contributed by atoms with van der Waals surface area (Å²) in [5.41, 5.74) is 3.29. The van der Waals surface area contributed by atoms with Gasteiger partial charge in [0.25, 0.3) is 11.8 Å². The molecule has 0 atom stereocenters. The molecule has 0 spiro atoms. The molecule has 0 aromatic heterocycles. The lowest BCUT2D eigenvalue weighted by atomic mass is 10.2. The van der Waals surface area contributed by atoms with Gasteiger partial charge < -0.3 is 14.8 Å². The van der Waals surface area contributed by atoms with Crippen LogP contribution < -0.4 is 20.2 Å². The molecule has 0 saturated heterocycles. The number of hydrogen-bond donors (Lipinski definition) is 2. The predicted molar refractivity (Wildman–Crippen MR) is 127 cm³/mol. The maximum atomic E-state index is 13.2. The van der Waals surface area contributed by atoms with E-state index >= 15 is 0 Å². The van der Waals surface area contributed by atoms with Gasteiger partial charge in [-0.25, -0.2) is 14.6 Å². The third-order valence-corrected chi connectivity index (χ3v) is 5.07. The van der Waals surface area contributed by atoms with E-state index in [1.165, 1.54) is 37.6 Å². The van der Waals surface area contributed by atoms with Crippen LogP contribution in [0.3, 0.4) is 0 Å². The lowest BCUT2D eigenvalue weighted by Crippen LogP contribution is -2.34. The number of carbonyl (C=O) groups excluding carboxylic acids is 3. The summed E-state index contributed by atoms with van der Waals surface area (Å²) in [5.74, 6) is -1.77. The average molecular weight is 528 g/mol. The van der Waals surface area contributed by atoms with Crippen LogP contribution in [0.25, 0.3) is 0 Å². The largest absolute Gasteiger partial charge is 0.493 e. The number of nitrogens with zero attached hydrogens (tertiary/aromatic N) is 1. The Bertz CT molecular complexity index is 1250. The summed E-state index contributed by atoms with van der Waals surface area (Å²) in [6.45, 7) is -0.347. The summed E-state index contributed by atoms with van der Waals surface area (Å²) in [7, 11) is 1.43. The van der Waals surface area contributed by atoms with Gasteiger partial charge in [0, 0.05) is 10.0 Å². The molecule has 0 radical (unpaired) electrons. The first-order valence-electron chi connectivity index (χ1n) is 9.88. The Morgan fingerprint density at radius 1 is 1.03 bits per heavy atom. The first-order chi connectivity index (χ1) is 16.4. The first-order valence-corrected chi connectivity index (χ1v) is 10.7. The summed E-state index contributed by atoms with van der Waals surface area (Å²) in [5, 5.41) is 6.20. The van der Waals surface area contributed by atoms with Crippen molar-refractivity contribution < 1.29 is 28.2 Å². The molecule has 3 aromatic carbocycles. The number of hydrogen-bond acceptors (Lipinski definition) is 6. The molecule has 34 heavy (non-hydrogen) atoms. The van der Waals surface area contributed by atoms with E-state index < -0.39 is 23.6 Å². The number of nitrogens with one attached hydrogen (secondary N) is 2. The van der Waals surface area contributed by atoms with Crippen molar-refractivity contribution in [1.82, 2.24) is 10.7 Å². The Morgan fingerprint density at radius 3 is 2.56 bits per heavy atom. The van der Waals surface area contributed by atoms with Crippen LogP contribution in [0.15, 0.2) is 76.3 Å². The van der Waals surface area contributed by atoms with E-state index in [0.29, 0.717) is 15.6 Å². The highest BCUT2D eigenvalue weighted by Gasteiger charge is 2.15. The van der Waals surface area contributed by atoms with Gasteiger partial charge in [0.15, 0.2) is 11.5 Å². The lowest BCUT2D eigenvalue weighted by molar-refractivity contribution is -0.120. The molecule has 0 aliphatic rings. The molecule has 8 nitrogen and oxygen atoms in total. The third kappa shape index (κ3) is 6.72. The second kappa shape index (κ2) is 11.7. The second-order valence-electron chi connectivity index (χ2n) is 6.77. The zero-order valence-electron chi connectivity index (χ0n) is 17.9. The van der Waals surface area contributed by atoms with Gasteiger partial charge in [-0.2, -0.15) is 5.10 Å². The van der Waals surface area contributed by atoms with Gasteiger partial charge in [-0.3, -0.25) is 9.59 Å². The van der Waals surface area contributed by atoms with E-state index in [1.807, 2.05) is 0 Å². The van der Waals surface area contributed by atoms with Crippen molar-refractivity contribution in [3.05, 3.63) is 93.7 Å². The summed E-state index contributed by atoms with van der Waals surface area (Å²) in [6.07, 6.45) is 1.36. The van der Waals surface area contributed by atoms with Crippen LogP contribution in [0.1, 0.15) is 26.3 Å². The van der Waals surface area contributed by atoms with Gasteiger partial charge in [0.05, 0.1) is 25.4 Å². The molecule has 2 amide bonds. The van der Waals surface area contributed by atoms with Gasteiger partial charge in [-0.15, -0.1) is 0 Å². The van der Waals surface area contributed by atoms with E-state index in [0.717, 1.165) is 6.07 Å². The van der Waals surface area contributed by atoms with E-state index in [4.69, 9.17) is 9.47 Å². The molecule has 0 aliphatic heterocycles. The minimum atomic E-state index is -0.587. The minimum absolute atomic E-state index is 0.101. The van der Waals surface area contributed by atoms with Crippen LogP contribution in [-0.2, 0) is 4.79 Å². The molecule has 0 fully saturated rings. The van der Waals surface area contributed by atoms with Crippen LogP contribution >= 0.6 is 15.9 Å². The molecule has 0 saturated carbocycles. The van der Waals surface area contributed by atoms with Crippen LogP contribution in [0, 0.1) is 5.82 Å². The van der Waals surface area contributed by atoms with Crippen LogP contribution in [0.2, 0.25) is 0 Å². The van der Waals surface area contributed by atoms with Gasteiger partial charge in [0.1, 0.15) is 5.82 Å². The second-order valence-corrected chi connectivity index (χ2v) is 7.62. The highest BCUT2D eigenvalue weighted by atomic mass is 79.9. The minimum Gasteiger partial charge on any atom is -0.493 e. The number of ether oxygens (including phenoxy) is 2. The van der Waals surface area contributed by atoms with Crippen LogP contribution in [0.4, 0.5) is 4.39 Å². The van der Waals surface area contributed by atoms with Gasteiger partial charge in [0.2, 0.25) is 0 Å². The number of hydrazone groups is 1. The van der Waals surface area contributed by atoms with Crippen molar-refractivity contribution in [2.45, 2.75) is 0 Å². The normalized spacial score (nSPS) is 10.6. The molecule has 3 aromatic rings. The summed E-state index contributed by atoms with van der Waals surface area (Å²) < 4.78 is 24.5. The molecule has 0 bridgehead atoms. The van der Waals surface area contributed by atoms with Gasteiger partial charge in [-0.05, 0) is 70.0 Å². The molecule has 0 aliphatic carbocycles. The fourth-order valence-electron chi connectivity index (χ4n) is 2.74. The maximum Gasteiger partial charge on any atom is 0.344 e.